The van der Waals surface area contributed by atoms with E-state index in [0.29, 0.717) is 16.8 Å². The summed E-state index contributed by atoms with van der Waals surface area (Å²) in [5.74, 6) is -1.44. The SMILES string of the molecule is O=C(OCCO)c1ccc(NSc2cccc(-c3cc(F)ccc3O)c2)cc1O. The molecular formula is C21H18FNO5S. The lowest BCUT2D eigenvalue weighted by Crippen LogP contribution is -2.09. The Labute approximate surface area is 170 Å². The maximum atomic E-state index is 13.5. The largest absolute Gasteiger partial charge is 0.507 e. The van der Waals surface area contributed by atoms with Crippen LogP contribution in [0.25, 0.3) is 11.1 Å². The number of ether oxygens (including phenoxy) is 1. The van der Waals surface area contributed by atoms with Gasteiger partial charge in [0, 0.05) is 22.2 Å². The summed E-state index contributed by atoms with van der Waals surface area (Å²) in [6.07, 6.45) is 0. The summed E-state index contributed by atoms with van der Waals surface area (Å²) in [7, 11) is 0. The Morgan fingerprint density at radius 3 is 2.62 bits per heavy atom. The predicted octanol–water partition coefficient (Wildman–Crippen LogP) is 4.17. The number of phenolic OH excluding ortho intramolecular Hbond substituents is 2. The van der Waals surface area contributed by atoms with Crippen LogP contribution in [-0.4, -0.2) is 34.5 Å². The summed E-state index contributed by atoms with van der Waals surface area (Å²) in [5, 5.41) is 28.7. The van der Waals surface area contributed by atoms with Crippen molar-refractivity contribution in [2.75, 3.05) is 17.9 Å². The van der Waals surface area contributed by atoms with E-state index in [1.165, 1.54) is 42.3 Å². The quantitative estimate of drug-likeness (QED) is 0.339. The standard InChI is InChI=1S/C21H18FNO5S/c22-14-4-7-19(25)18(11-14)13-2-1-3-16(10-13)29-23-15-5-6-17(20(26)12-15)21(27)28-9-8-24/h1-7,10-12,23-26H,8-9H2. The highest BCUT2D eigenvalue weighted by molar-refractivity contribution is 8.00. The summed E-state index contributed by atoms with van der Waals surface area (Å²) in [4.78, 5) is 12.6. The molecule has 0 aliphatic rings. The van der Waals surface area contributed by atoms with Crippen molar-refractivity contribution < 1.29 is 29.2 Å². The lowest BCUT2D eigenvalue weighted by molar-refractivity contribution is 0.0430. The number of nitrogens with one attached hydrogen (secondary N) is 1. The molecule has 0 amide bonds. The van der Waals surface area contributed by atoms with Crippen LogP contribution in [0.3, 0.4) is 0 Å². The van der Waals surface area contributed by atoms with Crippen molar-refractivity contribution in [1.82, 2.24) is 0 Å². The molecule has 0 unspecified atom stereocenters. The molecule has 3 rings (SSSR count). The van der Waals surface area contributed by atoms with Gasteiger partial charge in [-0.1, -0.05) is 12.1 Å². The lowest BCUT2D eigenvalue weighted by Gasteiger charge is -2.10. The van der Waals surface area contributed by atoms with Crippen molar-refractivity contribution in [2.45, 2.75) is 4.90 Å². The topological polar surface area (TPSA) is 99.0 Å². The number of aliphatic hydroxyl groups excluding tert-OH is 1. The monoisotopic (exact) mass is 415 g/mol. The molecule has 150 valence electrons. The van der Waals surface area contributed by atoms with Gasteiger partial charge < -0.3 is 24.8 Å². The summed E-state index contributed by atoms with van der Waals surface area (Å²) >= 11 is 1.24. The molecule has 3 aromatic rings. The van der Waals surface area contributed by atoms with Crippen LogP contribution >= 0.6 is 11.9 Å². The van der Waals surface area contributed by atoms with Gasteiger partial charge in [0.1, 0.15) is 29.5 Å². The second kappa shape index (κ2) is 9.31. The minimum Gasteiger partial charge on any atom is -0.507 e. The first-order chi connectivity index (χ1) is 14.0. The number of phenols is 2. The molecule has 0 saturated carbocycles. The molecule has 0 aliphatic carbocycles. The Hall–Kier alpha value is -3.23. The zero-order chi connectivity index (χ0) is 20.8. The minimum atomic E-state index is -0.724. The Kier molecular flexibility index (Phi) is 6.58. The number of hydrogen-bond donors (Lipinski definition) is 4. The third-order valence-corrected chi connectivity index (χ3v) is 4.76. The fraction of sp³-hybridized carbons (Fsp3) is 0.0952. The number of carbonyl (C=O) groups excluding carboxylic acids is 1. The fourth-order valence-corrected chi connectivity index (χ4v) is 3.26. The molecule has 0 saturated heterocycles. The summed E-state index contributed by atoms with van der Waals surface area (Å²) in [6, 6.07) is 15.3. The lowest BCUT2D eigenvalue weighted by atomic mass is 10.0. The van der Waals surface area contributed by atoms with Crippen LogP contribution in [0.1, 0.15) is 10.4 Å². The smallest absolute Gasteiger partial charge is 0.341 e. The first-order valence-corrected chi connectivity index (χ1v) is 9.42. The van der Waals surface area contributed by atoms with Crippen LogP contribution < -0.4 is 4.72 Å². The van der Waals surface area contributed by atoms with Crippen LogP contribution in [0.15, 0.2) is 65.6 Å². The number of carbonyl (C=O) groups is 1. The Balaban J connectivity index is 1.71. The predicted molar refractivity (Wildman–Crippen MR) is 108 cm³/mol. The van der Waals surface area contributed by atoms with Crippen molar-refractivity contribution in [1.29, 1.82) is 0 Å². The first-order valence-electron chi connectivity index (χ1n) is 8.61. The molecule has 8 heteroatoms. The molecule has 6 nitrogen and oxygen atoms in total. The van der Waals surface area contributed by atoms with E-state index in [1.54, 1.807) is 24.3 Å². The van der Waals surface area contributed by atoms with Crippen LogP contribution in [0.5, 0.6) is 11.5 Å². The number of aromatic hydroxyl groups is 2. The van der Waals surface area contributed by atoms with Gasteiger partial charge in [-0.05, 0) is 60.0 Å². The molecule has 0 heterocycles. The molecule has 29 heavy (non-hydrogen) atoms. The van der Waals surface area contributed by atoms with E-state index >= 15 is 0 Å². The van der Waals surface area contributed by atoms with Gasteiger partial charge in [-0.3, -0.25) is 0 Å². The van der Waals surface area contributed by atoms with Gasteiger partial charge in [-0.15, -0.1) is 0 Å². The molecule has 4 N–H and O–H groups in total. The van der Waals surface area contributed by atoms with Crippen molar-refractivity contribution in [3.05, 3.63) is 72.0 Å². The van der Waals surface area contributed by atoms with Gasteiger partial charge in [0.2, 0.25) is 0 Å². The normalized spacial score (nSPS) is 10.6. The van der Waals surface area contributed by atoms with E-state index in [1.807, 2.05) is 6.07 Å². The molecule has 3 aromatic carbocycles. The molecular weight excluding hydrogens is 397 g/mol. The molecule has 0 bridgehead atoms. The van der Waals surface area contributed by atoms with Crippen LogP contribution in [-0.2, 0) is 4.74 Å². The third kappa shape index (κ3) is 5.18. The highest BCUT2D eigenvalue weighted by atomic mass is 32.2. The number of anilines is 1. The highest BCUT2D eigenvalue weighted by Crippen LogP contribution is 2.33. The molecule has 0 aromatic heterocycles. The second-order valence-corrected chi connectivity index (χ2v) is 6.86. The van der Waals surface area contributed by atoms with Gasteiger partial charge >= 0.3 is 5.97 Å². The average molecular weight is 415 g/mol. The number of halogens is 1. The maximum Gasteiger partial charge on any atom is 0.341 e. The average Bonchev–Trinajstić information content (AvgIpc) is 2.72. The van der Waals surface area contributed by atoms with E-state index < -0.39 is 11.8 Å². The van der Waals surface area contributed by atoms with Gasteiger partial charge in [-0.2, -0.15) is 0 Å². The van der Waals surface area contributed by atoms with Crippen molar-refractivity contribution >= 4 is 23.6 Å². The number of rotatable bonds is 7. The van der Waals surface area contributed by atoms with Gasteiger partial charge in [0.15, 0.2) is 0 Å². The van der Waals surface area contributed by atoms with Gasteiger partial charge in [-0.25, -0.2) is 9.18 Å². The van der Waals surface area contributed by atoms with E-state index in [2.05, 4.69) is 4.72 Å². The van der Waals surface area contributed by atoms with Crippen LogP contribution in [0.2, 0.25) is 0 Å². The van der Waals surface area contributed by atoms with Crippen molar-refractivity contribution in [3.8, 4) is 22.6 Å². The van der Waals surface area contributed by atoms with Gasteiger partial charge in [0.25, 0.3) is 0 Å². The zero-order valence-electron chi connectivity index (χ0n) is 15.1. The van der Waals surface area contributed by atoms with Crippen molar-refractivity contribution in [3.63, 3.8) is 0 Å². The van der Waals surface area contributed by atoms with Crippen LogP contribution in [0.4, 0.5) is 10.1 Å². The van der Waals surface area contributed by atoms with E-state index in [-0.39, 0.29) is 30.3 Å². The third-order valence-electron chi connectivity index (χ3n) is 3.93. The second-order valence-electron chi connectivity index (χ2n) is 5.98. The number of hydrogen-bond acceptors (Lipinski definition) is 7. The minimum absolute atomic E-state index is 0.00224. The number of benzene rings is 3. The van der Waals surface area contributed by atoms with E-state index in [4.69, 9.17) is 9.84 Å². The summed E-state index contributed by atoms with van der Waals surface area (Å²) < 4.78 is 21.3. The van der Waals surface area contributed by atoms with Crippen LogP contribution in [0, 0.1) is 5.82 Å². The summed E-state index contributed by atoms with van der Waals surface area (Å²) in [6.45, 7) is -0.444. The maximum absolute atomic E-state index is 13.5. The Bertz CT molecular complexity index is 1030. The Morgan fingerprint density at radius 2 is 1.86 bits per heavy atom. The van der Waals surface area contributed by atoms with Crippen molar-refractivity contribution in [2.24, 2.45) is 0 Å². The number of esters is 1. The fourth-order valence-electron chi connectivity index (χ4n) is 2.57. The van der Waals surface area contributed by atoms with E-state index in [0.717, 1.165) is 4.90 Å². The van der Waals surface area contributed by atoms with Gasteiger partial charge in [0.05, 0.1) is 6.61 Å². The molecule has 0 aliphatic heterocycles. The molecule has 0 atom stereocenters. The highest BCUT2D eigenvalue weighted by Gasteiger charge is 2.13. The molecule has 0 fully saturated rings. The zero-order valence-corrected chi connectivity index (χ0v) is 15.9. The Morgan fingerprint density at radius 1 is 1.03 bits per heavy atom. The van der Waals surface area contributed by atoms with E-state index in [9.17, 15) is 19.4 Å². The number of aliphatic hydroxyl groups is 1. The summed E-state index contributed by atoms with van der Waals surface area (Å²) in [5.41, 5.74) is 1.58. The first kappa shape index (κ1) is 20.5. The molecule has 0 spiro atoms. The molecule has 0 radical (unpaired) electrons.